The Morgan fingerprint density at radius 3 is 2.54 bits per heavy atom. The summed E-state index contributed by atoms with van der Waals surface area (Å²) >= 11 is 0. The van der Waals surface area contributed by atoms with E-state index in [-0.39, 0.29) is 17.6 Å². The molecule has 2 saturated heterocycles. The van der Waals surface area contributed by atoms with E-state index in [1.165, 1.54) is 30.1 Å². The first-order chi connectivity index (χ1) is 11.4. The summed E-state index contributed by atoms with van der Waals surface area (Å²) in [6.45, 7) is 8.08. The van der Waals surface area contributed by atoms with Gasteiger partial charge < -0.3 is 10.2 Å². The SMILES string of the molecule is CCS(=O)(=O)N1CCC(C(=O)NCCC[NH+]2CCCC[C@H]2C)CC1. The summed E-state index contributed by atoms with van der Waals surface area (Å²) in [6, 6.07) is 0.749. The Morgan fingerprint density at radius 1 is 1.21 bits per heavy atom. The third kappa shape index (κ3) is 5.43. The molecule has 2 atom stereocenters. The van der Waals surface area contributed by atoms with Gasteiger partial charge in [-0.1, -0.05) is 0 Å². The minimum atomic E-state index is -3.11. The lowest BCUT2D eigenvalue weighted by Gasteiger charge is -2.31. The van der Waals surface area contributed by atoms with Crippen LogP contribution in [0.4, 0.5) is 0 Å². The summed E-state index contributed by atoms with van der Waals surface area (Å²) in [5, 5.41) is 3.05. The van der Waals surface area contributed by atoms with Crippen molar-refractivity contribution in [2.75, 3.05) is 38.5 Å². The summed E-state index contributed by atoms with van der Waals surface area (Å²) in [5.41, 5.74) is 0. The van der Waals surface area contributed by atoms with E-state index in [4.69, 9.17) is 0 Å². The molecule has 0 aromatic carbocycles. The number of hydrogen-bond acceptors (Lipinski definition) is 3. The number of amides is 1. The molecule has 0 aromatic rings. The number of sulfonamides is 1. The predicted octanol–water partition coefficient (Wildman–Crippen LogP) is 0.0117. The second kappa shape index (κ2) is 9.15. The number of likely N-dealkylation sites (tertiary alicyclic amines) is 1. The number of nitrogens with one attached hydrogen (secondary N) is 2. The zero-order chi connectivity index (χ0) is 17.6. The molecule has 0 saturated carbocycles. The van der Waals surface area contributed by atoms with E-state index < -0.39 is 10.0 Å². The Kier molecular flexibility index (Phi) is 7.50. The number of rotatable bonds is 7. The molecule has 1 amide bonds. The molecule has 2 rings (SSSR count). The van der Waals surface area contributed by atoms with Crippen molar-refractivity contribution in [2.24, 2.45) is 5.92 Å². The fraction of sp³-hybridized carbons (Fsp3) is 0.941. The van der Waals surface area contributed by atoms with E-state index in [9.17, 15) is 13.2 Å². The van der Waals surface area contributed by atoms with Crippen LogP contribution in [0.2, 0.25) is 0 Å². The number of piperidine rings is 2. The number of hydrogen-bond donors (Lipinski definition) is 2. The van der Waals surface area contributed by atoms with Gasteiger partial charge in [0.1, 0.15) is 0 Å². The third-order valence-electron chi connectivity index (χ3n) is 5.64. The molecule has 6 nitrogen and oxygen atoms in total. The number of nitrogens with zero attached hydrogens (tertiary/aromatic N) is 1. The highest BCUT2D eigenvalue weighted by Crippen LogP contribution is 2.19. The monoisotopic (exact) mass is 360 g/mol. The molecule has 0 aromatic heterocycles. The molecule has 0 radical (unpaired) electrons. The quantitative estimate of drug-likeness (QED) is 0.629. The molecule has 2 aliphatic rings. The van der Waals surface area contributed by atoms with Gasteiger partial charge in [-0.25, -0.2) is 12.7 Å². The zero-order valence-electron chi connectivity index (χ0n) is 15.2. The maximum absolute atomic E-state index is 12.3. The van der Waals surface area contributed by atoms with Crippen molar-refractivity contribution >= 4 is 15.9 Å². The fourth-order valence-electron chi connectivity index (χ4n) is 3.87. The van der Waals surface area contributed by atoms with Crippen molar-refractivity contribution < 1.29 is 18.1 Å². The lowest BCUT2D eigenvalue weighted by molar-refractivity contribution is -0.928. The normalized spacial score (nSPS) is 27.1. The van der Waals surface area contributed by atoms with Crippen LogP contribution in [0.1, 0.15) is 52.4 Å². The molecule has 2 fully saturated rings. The number of carbonyl (C=O) groups is 1. The highest BCUT2D eigenvalue weighted by Gasteiger charge is 2.30. The van der Waals surface area contributed by atoms with Crippen molar-refractivity contribution in [2.45, 2.75) is 58.4 Å². The maximum Gasteiger partial charge on any atom is 0.223 e. The van der Waals surface area contributed by atoms with Gasteiger partial charge in [-0.3, -0.25) is 4.79 Å². The van der Waals surface area contributed by atoms with Crippen LogP contribution >= 0.6 is 0 Å². The Bertz CT molecular complexity index is 501. The Balaban J connectivity index is 1.63. The summed E-state index contributed by atoms with van der Waals surface area (Å²) in [4.78, 5) is 13.9. The summed E-state index contributed by atoms with van der Waals surface area (Å²) in [5.74, 6) is 0.209. The maximum atomic E-state index is 12.3. The molecular weight excluding hydrogens is 326 g/mol. The van der Waals surface area contributed by atoms with Crippen LogP contribution in [-0.2, 0) is 14.8 Å². The van der Waals surface area contributed by atoms with Gasteiger partial charge in [0, 0.05) is 32.0 Å². The second-order valence-electron chi connectivity index (χ2n) is 7.27. The van der Waals surface area contributed by atoms with Crippen LogP contribution in [0.5, 0.6) is 0 Å². The minimum absolute atomic E-state index is 0.0328. The molecule has 24 heavy (non-hydrogen) atoms. The molecule has 140 valence electrons. The summed E-state index contributed by atoms with van der Waals surface area (Å²) in [7, 11) is -3.11. The summed E-state index contributed by atoms with van der Waals surface area (Å²) in [6.07, 6.45) is 6.30. The fourth-order valence-corrected chi connectivity index (χ4v) is 5.01. The largest absolute Gasteiger partial charge is 0.356 e. The van der Waals surface area contributed by atoms with E-state index >= 15 is 0 Å². The highest BCUT2D eigenvalue weighted by atomic mass is 32.2. The molecule has 2 heterocycles. The van der Waals surface area contributed by atoms with Crippen LogP contribution in [0.3, 0.4) is 0 Å². The van der Waals surface area contributed by atoms with Crippen LogP contribution in [0.25, 0.3) is 0 Å². The van der Waals surface area contributed by atoms with Gasteiger partial charge in [-0.2, -0.15) is 0 Å². The first kappa shape index (κ1) is 19.7. The van der Waals surface area contributed by atoms with Crippen molar-refractivity contribution in [3.63, 3.8) is 0 Å². The molecule has 0 aliphatic carbocycles. The molecule has 2 aliphatic heterocycles. The van der Waals surface area contributed by atoms with Crippen LogP contribution in [0, 0.1) is 5.92 Å². The van der Waals surface area contributed by atoms with Crippen LogP contribution in [0.15, 0.2) is 0 Å². The second-order valence-corrected chi connectivity index (χ2v) is 9.53. The van der Waals surface area contributed by atoms with E-state index in [2.05, 4.69) is 12.2 Å². The van der Waals surface area contributed by atoms with E-state index in [1.54, 1.807) is 11.8 Å². The van der Waals surface area contributed by atoms with Crippen molar-refractivity contribution in [1.82, 2.24) is 9.62 Å². The Morgan fingerprint density at radius 2 is 1.92 bits per heavy atom. The summed E-state index contributed by atoms with van der Waals surface area (Å²) < 4.78 is 25.2. The third-order valence-corrected chi connectivity index (χ3v) is 7.52. The van der Waals surface area contributed by atoms with E-state index in [1.807, 2.05) is 0 Å². The lowest BCUT2D eigenvalue weighted by Crippen LogP contribution is -3.16. The standard InChI is InChI=1S/C17H33N3O3S/c1-3-24(22,23)20-13-8-16(9-14-20)17(21)18-10-6-12-19-11-5-4-7-15(19)2/h15-16H,3-14H2,1-2H3,(H,18,21)/p+1/t15-/m1/s1. The van der Waals surface area contributed by atoms with Crippen LogP contribution < -0.4 is 10.2 Å². The Hall–Kier alpha value is -0.660. The minimum Gasteiger partial charge on any atom is -0.356 e. The van der Waals surface area contributed by atoms with Gasteiger partial charge in [0.25, 0.3) is 0 Å². The molecule has 0 spiro atoms. The van der Waals surface area contributed by atoms with Gasteiger partial charge in [0.05, 0.1) is 24.9 Å². The highest BCUT2D eigenvalue weighted by molar-refractivity contribution is 7.89. The predicted molar refractivity (Wildman–Crippen MR) is 95.4 cm³/mol. The average Bonchev–Trinajstić information content (AvgIpc) is 2.60. The number of quaternary nitrogens is 1. The van der Waals surface area contributed by atoms with Crippen molar-refractivity contribution in [3.8, 4) is 0 Å². The topological polar surface area (TPSA) is 70.9 Å². The smallest absolute Gasteiger partial charge is 0.223 e. The van der Waals surface area contributed by atoms with Gasteiger partial charge in [0.2, 0.25) is 15.9 Å². The molecule has 0 bridgehead atoms. The Labute approximate surface area is 147 Å². The molecule has 2 N–H and O–H groups in total. The van der Waals surface area contributed by atoms with Gasteiger partial charge in [-0.05, 0) is 46.0 Å². The van der Waals surface area contributed by atoms with Gasteiger partial charge in [0.15, 0.2) is 0 Å². The van der Waals surface area contributed by atoms with E-state index in [0.29, 0.717) is 25.9 Å². The molecule has 1 unspecified atom stereocenters. The van der Waals surface area contributed by atoms with Crippen molar-refractivity contribution in [3.05, 3.63) is 0 Å². The number of carbonyl (C=O) groups excluding carboxylic acids is 1. The van der Waals surface area contributed by atoms with Crippen molar-refractivity contribution in [1.29, 1.82) is 0 Å². The van der Waals surface area contributed by atoms with Gasteiger partial charge >= 0.3 is 0 Å². The molecule has 7 heteroatoms. The molecular formula is C17H34N3O3S+. The first-order valence-corrected chi connectivity index (χ1v) is 11.1. The van der Waals surface area contributed by atoms with Gasteiger partial charge in [-0.15, -0.1) is 0 Å². The average molecular weight is 361 g/mol. The first-order valence-electron chi connectivity index (χ1n) is 9.54. The lowest BCUT2D eigenvalue weighted by atomic mass is 9.97. The van der Waals surface area contributed by atoms with E-state index in [0.717, 1.165) is 25.6 Å². The zero-order valence-corrected chi connectivity index (χ0v) is 16.0. The van der Waals surface area contributed by atoms with Crippen LogP contribution in [-0.4, -0.2) is 63.1 Å².